The van der Waals surface area contributed by atoms with Gasteiger partial charge in [-0.05, 0) is 54.5 Å². The molecule has 3 aromatic rings. The average molecular weight is 377 g/mol. The molecule has 2 unspecified atom stereocenters. The number of ether oxygens (including phenoxy) is 1. The molecule has 1 aliphatic rings. The van der Waals surface area contributed by atoms with E-state index in [9.17, 15) is 9.90 Å². The quantitative estimate of drug-likeness (QED) is 0.664. The summed E-state index contributed by atoms with van der Waals surface area (Å²) in [4.78, 5) is 15.7. The second-order valence-corrected chi connectivity index (χ2v) is 7.28. The van der Waals surface area contributed by atoms with Crippen LogP contribution < -0.4 is 4.74 Å². The van der Waals surface area contributed by atoms with Gasteiger partial charge in [0.2, 0.25) is 0 Å². The molecule has 0 bridgehead atoms. The Kier molecular flexibility index (Phi) is 5.37. The highest BCUT2D eigenvalue weighted by molar-refractivity contribution is 5.70. The number of rotatable bonds is 6. The van der Waals surface area contributed by atoms with Crippen LogP contribution in [0.4, 0.5) is 0 Å². The van der Waals surface area contributed by atoms with Gasteiger partial charge < -0.3 is 9.84 Å². The van der Waals surface area contributed by atoms with E-state index in [2.05, 4.69) is 27.3 Å². The largest absolute Gasteiger partial charge is 0.487 e. The summed E-state index contributed by atoms with van der Waals surface area (Å²) in [5.41, 5.74) is 3.97. The van der Waals surface area contributed by atoms with Crippen molar-refractivity contribution in [3.05, 3.63) is 66.0 Å². The number of carboxylic acids is 1. The van der Waals surface area contributed by atoms with Gasteiger partial charge in [-0.2, -0.15) is 5.10 Å². The summed E-state index contributed by atoms with van der Waals surface area (Å²) in [6.45, 7) is 0.452. The topological polar surface area (TPSA) is 88.1 Å². The van der Waals surface area contributed by atoms with Crippen molar-refractivity contribution in [3.63, 3.8) is 0 Å². The minimum atomic E-state index is -0.671. The Bertz CT molecular complexity index is 922. The van der Waals surface area contributed by atoms with Crippen LogP contribution in [0.2, 0.25) is 0 Å². The Balaban J connectivity index is 1.39. The molecule has 4 rings (SSSR count). The number of carbonyl (C=O) groups is 1. The first-order valence-corrected chi connectivity index (χ1v) is 9.59. The molecule has 2 aromatic heterocycles. The van der Waals surface area contributed by atoms with Crippen molar-refractivity contribution >= 4 is 5.97 Å². The van der Waals surface area contributed by atoms with Crippen molar-refractivity contribution in [2.24, 2.45) is 5.92 Å². The molecule has 6 nitrogen and oxygen atoms in total. The van der Waals surface area contributed by atoms with E-state index in [0.29, 0.717) is 18.3 Å². The minimum Gasteiger partial charge on any atom is -0.487 e. The fourth-order valence-electron chi connectivity index (χ4n) is 3.84. The van der Waals surface area contributed by atoms with Crippen LogP contribution in [0.15, 0.2) is 54.9 Å². The van der Waals surface area contributed by atoms with Crippen LogP contribution in [0.3, 0.4) is 0 Å². The highest BCUT2D eigenvalue weighted by Crippen LogP contribution is 2.36. The summed E-state index contributed by atoms with van der Waals surface area (Å²) in [5, 5.41) is 16.1. The SMILES string of the molecule is O=C(O)C1CCCC(c2cccc(COc3ccc(-c4ccn[nH]4)nc3)c2)C1. The summed E-state index contributed by atoms with van der Waals surface area (Å²) in [6.07, 6.45) is 6.93. The maximum absolute atomic E-state index is 11.3. The van der Waals surface area contributed by atoms with E-state index in [1.807, 2.05) is 30.3 Å². The first-order valence-electron chi connectivity index (χ1n) is 9.59. The maximum Gasteiger partial charge on any atom is 0.306 e. The third kappa shape index (κ3) is 4.22. The number of hydrogen-bond acceptors (Lipinski definition) is 4. The predicted molar refractivity (Wildman–Crippen MR) is 105 cm³/mol. The number of nitrogens with zero attached hydrogens (tertiary/aromatic N) is 2. The monoisotopic (exact) mass is 377 g/mol. The molecule has 2 heterocycles. The molecule has 1 saturated carbocycles. The number of aromatic amines is 1. The van der Waals surface area contributed by atoms with Gasteiger partial charge in [-0.1, -0.05) is 30.7 Å². The molecular weight excluding hydrogens is 354 g/mol. The Morgan fingerprint density at radius 3 is 2.89 bits per heavy atom. The van der Waals surface area contributed by atoms with Crippen LogP contribution >= 0.6 is 0 Å². The lowest BCUT2D eigenvalue weighted by Crippen LogP contribution is -2.21. The minimum absolute atomic E-state index is 0.224. The number of benzene rings is 1. The van der Waals surface area contributed by atoms with Crippen molar-refractivity contribution in [1.29, 1.82) is 0 Å². The first kappa shape index (κ1) is 18.2. The van der Waals surface area contributed by atoms with Crippen LogP contribution in [-0.2, 0) is 11.4 Å². The van der Waals surface area contributed by atoms with Gasteiger partial charge in [-0.3, -0.25) is 14.9 Å². The Hall–Kier alpha value is -3.15. The van der Waals surface area contributed by atoms with E-state index in [1.165, 1.54) is 5.56 Å². The van der Waals surface area contributed by atoms with Gasteiger partial charge in [0.15, 0.2) is 0 Å². The van der Waals surface area contributed by atoms with Crippen molar-refractivity contribution in [3.8, 4) is 17.1 Å². The molecule has 2 atom stereocenters. The van der Waals surface area contributed by atoms with Gasteiger partial charge in [0.25, 0.3) is 0 Å². The zero-order valence-corrected chi connectivity index (χ0v) is 15.5. The van der Waals surface area contributed by atoms with E-state index in [4.69, 9.17) is 4.74 Å². The summed E-state index contributed by atoms with van der Waals surface area (Å²) < 4.78 is 5.88. The highest BCUT2D eigenvalue weighted by Gasteiger charge is 2.27. The standard InChI is InChI=1S/C22H23N3O3/c26-22(27)18-6-2-5-17(12-18)16-4-1-3-15(11-16)14-28-19-7-8-20(23-13-19)21-9-10-24-25-21/h1,3-4,7-11,13,17-18H,2,5-6,12,14H2,(H,24,25)(H,26,27). The second-order valence-electron chi connectivity index (χ2n) is 7.28. The zero-order chi connectivity index (χ0) is 19.3. The first-order chi connectivity index (χ1) is 13.7. The zero-order valence-electron chi connectivity index (χ0n) is 15.5. The molecule has 1 aliphatic carbocycles. The number of hydrogen-bond donors (Lipinski definition) is 2. The average Bonchev–Trinajstić information content (AvgIpc) is 3.28. The van der Waals surface area contributed by atoms with E-state index < -0.39 is 5.97 Å². The highest BCUT2D eigenvalue weighted by atomic mass is 16.5. The van der Waals surface area contributed by atoms with Crippen LogP contribution in [-0.4, -0.2) is 26.3 Å². The van der Waals surface area contributed by atoms with Gasteiger partial charge in [-0.25, -0.2) is 0 Å². The molecule has 1 aromatic carbocycles. The van der Waals surface area contributed by atoms with Crippen LogP contribution in [0, 0.1) is 5.92 Å². The van der Waals surface area contributed by atoms with Crippen molar-refractivity contribution < 1.29 is 14.6 Å². The number of nitrogens with one attached hydrogen (secondary N) is 1. The third-order valence-electron chi connectivity index (χ3n) is 5.36. The molecular formula is C22H23N3O3. The van der Waals surface area contributed by atoms with Gasteiger partial charge in [0.05, 0.1) is 23.5 Å². The van der Waals surface area contributed by atoms with Gasteiger partial charge in [0.1, 0.15) is 12.4 Å². The van der Waals surface area contributed by atoms with Crippen molar-refractivity contribution in [2.75, 3.05) is 0 Å². The predicted octanol–water partition coefficient (Wildman–Crippen LogP) is 4.41. The smallest absolute Gasteiger partial charge is 0.306 e. The number of aromatic nitrogens is 3. The Labute approximate surface area is 163 Å². The summed E-state index contributed by atoms with van der Waals surface area (Å²) >= 11 is 0. The molecule has 144 valence electrons. The fourth-order valence-corrected chi connectivity index (χ4v) is 3.84. The Morgan fingerprint density at radius 2 is 2.14 bits per heavy atom. The summed E-state index contributed by atoms with van der Waals surface area (Å²) in [7, 11) is 0. The molecule has 28 heavy (non-hydrogen) atoms. The molecule has 1 fully saturated rings. The number of pyridine rings is 1. The molecule has 6 heteroatoms. The van der Waals surface area contributed by atoms with Gasteiger partial charge >= 0.3 is 5.97 Å². The lowest BCUT2D eigenvalue weighted by atomic mass is 9.78. The van der Waals surface area contributed by atoms with Crippen molar-refractivity contribution in [2.45, 2.75) is 38.2 Å². The number of H-pyrrole nitrogens is 1. The summed E-state index contributed by atoms with van der Waals surface area (Å²) in [6, 6.07) is 14.0. The van der Waals surface area contributed by atoms with E-state index >= 15 is 0 Å². The molecule has 0 saturated heterocycles. The van der Waals surface area contributed by atoms with Crippen LogP contribution in [0.25, 0.3) is 11.4 Å². The maximum atomic E-state index is 11.3. The second kappa shape index (κ2) is 8.25. The van der Waals surface area contributed by atoms with E-state index in [-0.39, 0.29) is 5.92 Å². The molecule has 0 aliphatic heterocycles. The van der Waals surface area contributed by atoms with Gasteiger partial charge in [-0.15, -0.1) is 0 Å². The molecule has 0 amide bonds. The van der Waals surface area contributed by atoms with Gasteiger partial charge in [0, 0.05) is 6.20 Å². The third-order valence-corrected chi connectivity index (χ3v) is 5.36. The fraction of sp³-hybridized carbons (Fsp3) is 0.318. The normalized spacial score (nSPS) is 19.3. The summed E-state index contributed by atoms with van der Waals surface area (Å²) in [5.74, 6) is 0.121. The number of carboxylic acid groups (broad SMARTS) is 1. The van der Waals surface area contributed by atoms with Crippen LogP contribution in [0.1, 0.15) is 42.7 Å². The van der Waals surface area contributed by atoms with E-state index in [0.717, 1.165) is 42.6 Å². The molecule has 0 radical (unpaired) electrons. The molecule has 2 N–H and O–H groups in total. The van der Waals surface area contributed by atoms with Crippen LogP contribution in [0.5, 0.6) is 5.75 Å². The number of aliphatic carboxylic acids is 1. The molecule has 0 spiro atoms. The lowest BCUT2D eigenvalue weighted by molar-refractivity contribution is -0.142. The Morgan fingerprint density at radius 1 is 1.21 bits per heavy atom. The van der Waals surface area contributed by atoms with E-state index in [1.54, 1.807) is 12.4 Å². The lowest BCUT2D eigenvalue weighted by Gasteiger charge is -2.27. The van der Waals surface area contributed by atoms with Crippen molar-refractivity contribution in [1.82, 2.24) is 15.2 Å².